The Labute approximate surface area is 148 Å². The molecule has 2 fully saturated rings. The molecule has 1 N–H and O–H groups in total. The van der Waals surface area contributed by atoms with E-state index >= 15 is 0 Å². The van der Waals surface area contributed by atoms with Crippen molar-refractivity contribution >= 4 is 5.82 Å². The monoisotopic (exact) mass is 346 g/mol. The lowest BCUT2D eigenvalue weighted by Gasteiger charge is -2.36. The van der Waals surface area contributed by atoms with Crippen molar-refractivity contribution in [2.45, 2.75) is 25.0 Å². The molecule has 2 atom stereocenters. The quantitative estimate of drug-likeness (QED) is 0.775. The van der Waals surface area contributed by atoms with Gasteiger partial charge < -0.3 is 19.5 Å². The van der Waals surface area contributed by atoms with Gasteiger partial charge >= 0.3 is 0 Å². The first-order valence-electron chi connectivity index (χ1n) is 8.95. The maximum atomic E-state index is 10.2. The molecular formula is C18H26N4O3. The lowest BCUT2D eigenvalue weighted by atomic mass is 10.2. The van der Waals surface area contributed by atoms with Crippen molar-refractivity contribution in [1.82, 2.24) is 9.88 Å². The first-order valence-corrected chi connectivity index (χ1v) is 8.95. The Morgan fingerprint density at radius 1 is 1.40 bits per heavy atom. The highest BCUT2D eigenvalue weighted by Gasteiger charge is 2.21. The summed E-state index contributed by atoms with van der Waals surface area (Å²) >= 11 is 0. The van der Waals surface area contributed by atoms with Crippen LogP contribution in [0.3, 0.4) is 0 Å². The van der Waals surface area contributed by atoms with Gasteiger partial charge in [-0.3, -0.25) is 4.90 Å². The van der Waals surface area contributed by atoms with Gasteiger partial charge in [-0.05, 0) is 25.0 Å². The molecular weight excluding hydrogens is 320 g/mol. The topological polar surface area (TPSA) is 81.9 Å². The number of hydrogen-bond acceptors (Lipinski definition) is 7. The van der Waals surface area contributed by atoms with Gasteiger partial charge in [0.1, 0.15) is 5.82 Å². The second-order valence-corrected chi connectivity index (χ2v) is 6.63. The van der Waals surface area contributed by atoms with E-state index in [2.05, 4.69) is 20.9 Å². The lowest BCUT2D eigenvalue weighted by molar-refractivity contribution is -0.0254. The molecule has 1 aromatic rings. The average molecular weight is 346 g/mol. The summed E-state index contributed by atoms with van der Waals surface area (Å²) in [6.45, 7) is 5.77. The Bertz CT molecular complexity index is 578. The van der Waals surface area contributed by atoms with E-state index in [1.807, 2.05) is 6.07 Å². The number of anilines is 1. The number of aliphatic hydroxyl groups excluding tert-OH is 1. The fraction of sp³-hybridized carbons (Fsp3) is 0.667. The smallest absolute Gasteiger partial charge is 0.129 e. The van der Waals surface area contributed by atoms with E-state index in [-0.39, 0.29) is 6.10 Å². The summed E-state index contributed by atoms with van der Waals surface area (Å²) in [6.07, 6.45) is 3.56. The second-order valence-electron chi connectivity index (χ2n) is 6.63. The third-order valence-electron chi connectivity index (χ3n) is 4.68. The fourth-order valence-electron chi connectivity index (χ4n) is 3.28. The number of ether oxygens (including phenoxy) is 2. The molecule has 7 nitrogen and oxygen atoms in total. The first-order chi connectivity index (χ1) is 12.2. The molecule has 0 aliphatic carbocycles. The molecule has 7 heteroatoms. The molecule has 0 amide bonds. The van der Waals surface area contributed by atoms with Gasteiger partial charge in [0.05, 0.1) is 37.1 Å². The van der Waals surface area contributed by atoms with Crippen molar-refractivity contribution in [2.75, 3.05) is 57.4 Å². The van der Waals surface area contributed by atoms with Crippen LogP contribution in [0.2, 0.25) is 0 Å². The number of rotatable bonds is 7. The van der Waals surface area contributed by atoms with Crippen molar-refractivity contribution in [3.63, 3.8) is 0 Å². The Hall–Kier alpha value is -1.72. The SMILES string of the molecule is N#Cc1ccnc(N2CCN(C[C@H](O)COC[C@@H]3CCCO3)CC2)c1. The van der Waals surface area contributed by atoms with Gasteiger partial charge in [-0.1, -0.05) is 0 Å². The average Bonchev–Trinajstić information content (AvgIpc) is 3.16. The third-order valence-corrected chi connectivity index (χ3v) is 4.68. The lowest BCUT2D eigenvalue weighted by Crippen LogP contribution is -2.49. The van der Waals surface area contributed by atoms with Gasteiger partial charge in [0.15, 0.2) is 0 Å². The zero-order valence-electron chi connectivity index (χ0n) is 14.5. The largest absolute Gasteiger partial charge is 0.389 e. The van der Waals surface area contributed by atoms with Crippen LogP contribution in [0, 0.1) is 11.3 Å². The Morgan fingerprint density at radius 2 is 2.24 bits per heavy atom. The van der Waals surface area contributed by atoms with E-state index in [4.69, 9.17) is 14.7 Å². The maximum Gasteiger partial charge on any atom is 0.129 e. The number of β-amino-alcohol motifs (C(OH)–C–C–N with tert-alkyl or cyclic N) is 1. The summed E-state index contributed by atoms with van der Waals surface area (Å²) in [7, 11) is 0. The van der Waals surface area contributed by atoms with Crippen molar-refractivity contribution in [2.24, 2.45) is 0 Å². The highest BCUT2D eigenvalue weighted by Crippen LogP contribution is 2.15. The molecule has 0 bridgehead atoms. The van der Waals surface area contributed by atoms with Crippen LogP contribution in [-0.2, 0) is 9.47 Å². The number of aromatic nitrogens is 1. The number of pyridine rings is 1. The molecule has 0 aromatic carbocycles. The molecule has 2 aliphatic rings. The van der Waals surface area contributed by atoms with Crippen LogP contribution in [0.4, 0.5) is 5.82 Å². The minimum absolute atomic E-state index is 0.201. The minimum Gasteiger partial charge on any atom is -0.389 e. The van der Waals surface area contributed by atoms with Gasteiger partial charge in [-0.15, -0.1) is 0 Å². The maximum absolute atomic E-state index is 10.2. The fourth-order valence-corrected chi connectivity index (χ4v) is 3.28. The highest BCUT2D eigenvalue weighted by molar-refractivity contribution is 5.45. The predicted octanol–water partition coefficient (Wildman–Crippen LogP) is 0.632. The Kier molecular flexibility index (Phi) is 6.59. The van der Waals surface area contributed by atoms with Crippen LogP contribution in [0.15, 0.2) is 18.3 Å². The Balaban J connectivity index is 1.36. The summed E-state index contributed by atoms with van der Waals surface area (Å²) < 4.78 is 11.1. The molecule has 1 aromatic heterocycles. The number of aliphatic hydroxyl groups is 1. The molecule has 2 aliphatic heterocycles. The molecule has 3 heterocycles. The van der Waals surface area contributed by atoms with Crippen LogP contribution < -0.4 is 4.90 Å². The van der Waals surface area contributed by atoms with Crippen LogP contribution in [0.1, 0.15) is 18.4 Å². The van der Waals surface area contributed by atoms with E-state index in [0.717, 1.165) is 51.4 Å². The molecule has 136 valence electrons. The standard InChI is InChI=1S/C18H26N4O3/c19-11-15-3-4-20-18(10-15)22-7-5-21(6-8-22)12-16(23)13-24-14-17-2-1-9-25-17/h3-4,10,16-17,23H,1-2,5-9,12-14H2/t16-,17-/m0/s1. The predicted molar refractivity (Wildman–Crippen MR) is 93.4 cm³/mol. The van der Waals surface area contributed by atoms with Crippen LogP contribution >= 0.6 is 0 Å². The van der Waals surface area contributed by atoms with Gasteiger partial charge in [-0.2, -0.15) is 5.26 Å². The van der Waals surface area contributed by atoms with E-state index in [0.29, 0.717) is 25.3 Å². The van der Waals surface area contributed by atoms with E-state index < -0.39 is 6.10 Å². The molecule has 0 unspecified atom stereocenters. The molecule has 2 saturated heterocycles. The summed E-state index contributed by atoms with van der Waals surface area (Å²) in [4.78, 5) is 8.77. The number of hydrogen-bond donors (Lipinski definition) is 1. The van der Waals surface area contributed by atoms with Crippen molar-refractivity contribution in [1.29, 1.82) is 5.26 Å². The zero-order chi connectivity index (χ0) is 17.5. The molecule has 0 radical (unpaired) electrons. The van der Waals surface area contributed by atoms with E-state index in [1.165, 1.54) is 0 Å². The number of nitrogens with zero attached hydrogens (tertiary/aromatic N) is 4. The summed E-state index contributed by atoms with van der Waals surface area (Å²) in [5.74, 6) is 0.846. The number of nitriles is 1. The molecule has 0 saturated carbocycles. The van der Waals surface area contributed by atoms with Crippen LogP contribution in [0.25, 0.3) is 0 Å². The first kappa shape index (κ1) is 18.1. The van der Waals surface area contributed by atoms with E-state index in [1.54, 1.807) is 12.3 Å². The zero-order valence-corrected chi connectivity index (χ0v) is 14.5. The Morgan fingerprint density at radius 3 is 2.96 bits per heavy atom. The summed E-state index contributed by atoms with van der Waals surface area (Å²) in [5, 5.41) is 19.1. The summed E-state index contributed by atoms with van der Waals surface area (Å²) in [5.41, 5.74) is 0.631. The van der Waals surface area contributed by atoms with Gasteiger partial charge in [0, 0.05) is 45.5 Å². The van der Waals surface area contributed by atoms with E-state index in [9.17, 15) is 5.11 Å². The van der Waals surface area contributed by atoms with Crippen molar-refractivity contribution in [3.05, 3.63) is 23.9 Å². The van der Waals surface area contributed by atoms with Gasteiger partial charge in [-0.25, -0.2) is 4.98 Å². The van der Waals surface area contributed by atoms with Crippen LogP contribution in [0.5, 0.6) is 0 Å². The van der Waals surface area contributed by atoms with Crippen LogP contribution in [-0.4, -0.2) is 79.7 Å². The number of piperazine rings is 1. The highest BCUT2D eigenvalue weighted by atomic mass is 16.5. The van der Waals surface area contributed by atoms with Gasteiger partial charge in [0.2, 0.25) is 0 Å². The normalized spacial score (nSPS) is 22.7. The van der Waals surface area contributed by atoms with Crippen molar-refractivity contribution < 1.29 is 14.6 Å². The molecule has 3 rings (SSSR count). The third kappa shape index (κ3) is 5.38. The summed E-state index contributed by atoms with van der Waals surface area (Å²) in [6, 6.07) is 5.69. The molecule has 25 heavy (non-hydrogen) atoms. The van der Waals surface area contributed by atoms with Gasteiger partial charge in [0.25, 0.3) is 0 Å². The minimum atomic E-state index is -0.479. The second kappa shape index (κ2) is 9.11. The van der Waals surface area contributed by atoms with Crippen molar-refractivity contribution in [3.8, 4) is 6.07 Å². The molecule has 0 spiro atoms.